The predicted octanol–water partition coefficient (Wildman–Crippen LogP) is 2.48. The van der Waals surface area contributed by atoms with Gasteiger partial charge in [-0.25, -0.2) is 0 Å². The third-order valence-corrected chi connectivity index (χ3v) is 4.03. The van der Waals surface area contributed by atoms with Gasteiger partial charge in [-0.15, -0.1) is 0 Å². The second kappa shape index (κ2) is 9.70. The maximum absolute atomic E-state index is 5.94. The van der Waals surface area contributed by atoms with Crippen molar-refractivity contribution in [2.24, 2.45) is 4.99 Å². The number of aromatic nitrogens is 1. The summed E-state index contributed by atoms with van der Waals surface area (Å²) in [6.07, 6.45) is 0.780. The Morgan fingerprint density at radius 1 is 1.23 bits per heavy atom. The second-order valence-corrected chi connectivity index (χ2v) is 6.01. The average molecular weight is 360 g/mol. The van der Waals surface area contributed by atoms with Crippen molar-refractivity contribution < 1.29 is 14.0 Å². The van der Waals surface area contributed by atoms with Gasteiger partial charge in [0.15, 0.2) is 17.5 Å². The maximum atomic E-state index is 5.94. The molecule has 0 saturated carbocycles. The van der Waals surface area contributed by atoms with Crippen LogP contribution in [-0.4, -0.2) is 44.5 Å². The molecule has 1 aromatic carbocycles. The van der Waals surface area contributed by atoms with E-state index in [1.165, 1.54) is 0 Å². The molecule has 2 aromatic rings. The molecule has 0 aliphatic heterocycles. The maximum Gasteiger partial charge on any atom is 0.191 e. The Morgan fingerprint density at radius 3 is 2.58 bits per heavy atom. The zero-order valence-electron chi connectivity index (χ0n) is 16.1. The third-order valence-electron chi connectivity index (χ3n) is 4.03. The quantitative estimate of drug-likeness (QED) is 0.556. The molecule has 0 aliphatic rings. The SMILES string of the molecule is CN=C(NCCc1c(C)noc1C)NCC(C)Oc1ccccc1OC. The molecule has 1 atom stereocenters. The number of hydrogen-bond acceptors (Lipinski definition) is 5. The summed E-state index contributed by atoms with van der Waals surface area (Å²) in [7, 11) is 3.38. The van der Waals surface area contributed by atoms with E-state index in [1.807, 2.05) is 45.0 Å². The zero-order valence-corrected chi connectivity index (χ0v) is 16.1. The molecule has 1 aromatic heterocycles. The van der Waals surface area contributed by atoms with E-state index in [-0.39, 0.29) is 6.10 Å². The molecular formula is C19H28N4O3. The molecule has 0 radical (unpaired) electrons. The van der Waals surface area contributed by atoms with Gasteiger partial charge in [-0.05, 0) is 39.3 Å². The van der Waals surface area contributed by atoms with Crippen LogP contribution in [0.15, 0.2) is 33.8 Å². The highest BCUT2D eigenvalue weighted by Gasteiger charge is 2.11. The number of guanidine groups is 1. The third kappa shape index (κ3) is 5.40. The Morgan fingerprint density at radius 2 is 1.96 bits per heavy atom. The first-order valence-electron chi connectivity index (χ1n) is 8.71. The van der Waals surface area contributed by atoms with E-state index in [0.717, 1.165) is 47.4 Å². The molecule has 0 aliphatic carbocycles. The topological polar surface area (TPSA) is 80.9 Å². The van der Waals surface area contributed by atoms with E-state index >= 15 is 0 Å². The number of ether oxygens (including phenoxy) is 2. The van der Waals surface area contributed by atoms with Gasteiger partial charge in [0.25, 0.3) is 0 Å². The summed E-state index contributed by atoms with van der Waals surface area (Å²) in [5.41, 5.74) is 2.08. The average Bonchev–Trinajstić information content (AvgIpc) is 2.96. The van der Waals surface area contributed by atoms with Crippen LogP contribution in [0.4, 0.5) is 0 Å². The summed E-state index contributed by atoms with van der Waals surface area (Å²) >= 11 is 0. The van der Waals surface area contributed by atoms with Crippen LogP contribution in [-0.2, 0) is 6.42 Å². The summed E-state index contributed by atoms with van der Waals surface area (Å²) in [4.78, 5) is 4.24. The van der Waals surface area contributed by atoms with Crippen molar-refractivity contribution in [2.45, 2.75) is 33.3 Å². The predicted molar refractivity (Wildman–Crippen MR) is 102 cm³/mol. The monoisotopic (exact) mass is 360 g/mol. The fourth-order valence-corrected chi connectivity index (χ4v) is 2.60. The van der Waals surface area contributed by atoms with Crippen molar-refractivity contribution in [2.75, 3.05) is 27.2 Å². The van der Waals surface area contributed by atoms with Crippen LogP contribution in [0.5, 0.6) is 11.5 Å². The van der Waals surface area contributed by atoms with Crippen molar-refractivity contribution in [1.29, 1.82) is 0 Å². The number of hydrogen-bond donors (Lipinski definition) is 2. The molecule has 26 heavy (non-hydrogen) atoms. The minimum absolute atomic E-state index is 0.0487. The molecule has 1 heterocycles. The highest BCUT2D eigenvalue weighted by molar-refractivity contribution is 5.79. The normalized spacial score (nSPS) is 12.6. The highest BCUT2D eigenvalue weighted by Crippen LogP contribution is 2.26. The number of benzene rings is 1. The first kappa shape index (κ1) is 19.6. The molecule has 7 nitrogen and oxygen atoms in total. The van der Waals surface area contributed by atoms with Crippen molar-refractivity contribution in [1.82, 2.24) is 15.8 Å². The van der Waals surface area contributed by atoms with Gasteiger partial charge >= 0.3 is 0 Å². The van der Waals surface area contributed by atoms with Crippen LogP contribution in [0.25, 0.3) is 0 Å². The number of aryl methyl sites for hydroxylation is 2. The van der Waals surface area contributed by atoms with E-state index in [0.29, 0.717) is 6.54 Å². The Balaban J connectivity index is 1.77. The molecule has 0 bridgehead atoms. The van der Waals surface area contributed by atoms with Crippen LogP contribution in [0.3, 0.4) is 0 Å². The number of nitrogens with zero attached hydrogens (tertiary/aromatic N) is 2. The fourth-order valence-electron chi connectivity index (χ4n) is 2.60. The Kier molecular flexibility index (Phi) is 7.32. The van der Waals surface area contributed by atoms with Crippen molar-refractivity contribution in [3.8, 4) is 11.5 Å². The van der Waals surface area contributed by atoms with E-state index in [9.17, 15) is 0 Å². The molecule has 0 amide bonds. The largest absolute Gasteiger partial charge is 0.493 e. The lowest BCUT2D eigenvalue weighted by Crippen LogP contribution is -2.42. The minimum atomic E-state index is -0.0487. The van der Waals surface area contributed by atoms with E-state index < -0.39 is 0 Å². The number of rotatable bonds is 8. The van der Waals surface area contributed by atoms with E-state index in [2.05, 4.69) is 20.8 Å². The summed E-state index contributed by atoms with van der Waals surface area (Å²) in [5, 5.41) is 10.5. The zero-order chi connectivity index (χ0) is 18.9. The van der Waals surface area contributed by atoms with Gasteiger partial charge in [0, 0.05) is 19.2 Å². The van der Waals surface area contributed by atoms with Crippen LogP contribution in [0.1, 0.15) is 23.9 Å². The molecule has 0 spiro atoms. The lowest BCUT2D eigenvalue weighted by molar-refractivity contribution is 0.213. The number of aliphatic imine (C=N–C) groups is 1. The molecule has 0 saturated heterocycles. The van der Waals surface area contributed by atoms with Crippen LogP contribution in [0.2, 0.25) is 0 Å². The lowest BCUT2D eigenvalue weighted by Gasteiger charge is -2.19. The smallest absolute Gasteiger partial charge is 0.191 e. The van der Waals surface area contributed by atoms with Gasteiger partial charge in [0.2, 0.25) is 0 Å². The summed E-state index contributed by atoms with van der Waals surface area (Å²) in [6, 6.07) is 7.61. The number of methoxy groups -OCH3 is 1. The van der Waals surface area contributed by atoms with Crippen molar-refractivity contribution >= 4 is 5.96 Å². The van der Waals surface area contributed by atoms with Crippen molar-refractivity contribution in [3.63, 3.8) is 0 Å². The summed E-state index contributed by atoms with van der Waals surface area (Å²) in [6.45, 7) is 7.24. The summed E-state index contributed by atoms with van der Waals surface area (Å²) in [5.74, 6) is 3.05. The Bertz CT molecular complexity index is 708. The first-order valence-corrected chi connectivity index (χ1v) is 8.71. The minimum Gasteiger partial charge on any atom is -0.493 e. The fraction of sp³-hybridized carbons (Fsp3) is 0.474. The van der Waals surface area contributed by atoms with Gasteiger partial charge < -0.3 is 24.6 Å². The number of para-hydroxylation sites is 2. The standard InChI is InChI=1S/C19H28N4O3/c1-13(25-18-9-7-6-8-17(18)24-5)12-22-19(20-4)21-11-10-16-14(2)23-26-15(16)3/h6-9,13H,10-12H2,1-5H3,(H2,20,21,22). The molecule has 142 valence electrons. The van der Waals surface area contributed by atoms with E-state index in [1.54, 1.807) is 14.2 Å². The second-order valence-electron chi connectivity index (χ2n) is 6.01. The number of nitrogens with one attached hydrogen (secondary N) is 2. The molecule has 2 N–H and O–H groups in total. The molecule has 1 unspecified atom stereocenters. The summed E-state index contributed by atoms with van der Waals surface area (Å²) < 4.78 is 16.4. The van der Waals surface area contributed by atoms with Gasteiger partial charge in [0.1, 0.15) is 11.9 Å². The molecular weight excluding hydrogens is 332 g/mol. The van der Waals surface area contributed by atoms with Crippen LogP contribution < -0.4 is 20.1 Å². The van der Waals surface area contributed by atoms with Crippen LogP contribution >= 0.6 is 0 Å². The van der Waals surface area contributed by atoms with Gasteiger partial charge in [0.05, 0.1) is 19.3 Å². The molecule has 2 rings (SSSR count). The van der Waals surface area contributed by atoms with Gasteiger partial charge in [-0.1, -0.05) is 17.3 Å². The Labute approximate surface area is 154 Å². The highest BCUT2D eigenvalue weighted by atomic mass is 16.5. The molecule has 7 heteroatoms. The van der Waals surface area contributed by atoms with Crippen molar-refractivity contribution in [3.05, 3.63) is 41.3 Å². The Hall–Kier alpha value is -2.70. The van der Waals surface area contributed by atoms with Gasteiger partial charge in [-0.3, -0.25) is 4.99 Å². The lowest BCUT2D eigenvalue weighted by atomic mass is 10.1. The van der Waals surface area contributed by atoms with Crippen LogP contribution in [0, 0.1) is 13.8 Å². The van der Waals surface area contributed by atoms with Gasteiger partial charge in [-0.2, -0.15) is 0 Å². The van der Waals surface area contributed by atoms with E-state index in [4.69, 9.17) is 14.0 Å². The molecule has 0 fully saturated rings. The first-order chi connectivity index (χ1) is 12.5.